The lowest BCUT2D eigenvalue weighted by Crippen LogP contribution is -1.97. The summed E-state index contributed by atoms with van der Waals surface area (Å²) in [5.41, 5.74) is 0.445. The summed E-state index contributed by atoms with van der Waals surface area (Å²) in [5.74, 6) is -1.25. The van der Waals surface area contributed by atoms with Crippen LogP contribution in [0.25, 0.3) is 10.8 Å². The van der Waals surface area contributed by atoms with Crippen LogP contribution in [0.5, 0.6) is 0 Å². The maximum Gasteiger partial charge on any atom is 0.386 e. The molecule has 0 fully saturated rings. The van der Waals surface area contributed by atoms with Crippen molar-refractivity contribution in [3.8, 4) is 0 Å². The van der Waals surface area contributed by atoms with Crippen LogP contribution >= 0.6 is 0 Å². The minimum atomic E-state index is -1.25. The fourth-order valence-electron chi connectivity index (χ4n) is 1.57. The minimum Gasteiger partial charge on any atom is -0.285 e. The lowest BCUT2D eigenvalue weighted by Gasteiger charge is -2.02. The quantitative estimate of drug-likeness (QED) is 0.739. The average molecular weight is 198 g/mol. The van der Waals surface area contributed by atoms with Gasteiger partial charge in [0.1, 0.15) is 0 Å². The van der Waals surface area contributed by atoms with Crippen LogP contribution in [0.3, 0.4) is 0 Å². The second-order valence-corrected chi connectivity index (χ2v) is 3.10. The van der Waals surface area contributed by atoms with Crippen molar-refractivity contribution in [1.29, 1.82) is 0 Å². The van der Waals surface area contributed by atoms with Crippen molar-refractivity contribution in [3.05, 3.63) is 47.5 Å². The second kappa shape index (κ2) is 3.53. The molecule has 0 aliphatic carbocycles. The normalized spacial score (nSPS) is 10.1. The fraction of sp³-hybridized carbons (Fsp3) is 0. The van der Waals surface area contributed by atoms with Crippen molar-refractivity contribution >= 4 is 23.0 Å². The summed E-state index contributed by atoms with van der Waals surface area (Å²) in [6.45, 7) is 0. The van der Waals surface area contributed by atoms with Crippen LogP contribution in [0.2, 0.25) is 0 Å². The van der Waals surface area contributed by atoms with E-state index in [0.29, 0.717) is 16.3 Å². The molecular formula is C12H6O3. The van der Waals surface area contributed by atoms with Crippen molar-refractivity contribution in [2.45, 2.75) is 0 Å². The van der Waals surface area contributed by atoms with Crippen molar-refractivity contribution in [1.82, 2.24) is 0 Å². The Bertz CT molecular complexity index is 544. The molecule has 0 spiro atoms. The van der Waals surface area contributed by atoms with Crippen molar-refractivity contribution in [2.24, 2.45) is 0 Å². The predicted molar refractivity (Wildman–Crippen MR) is 53.8 cm³/mol. The molecule has 0 aromatic heterocycles. The predicted octanol–water partition coefficient (Wildman–Crippen LogP) is 1.87. The molecule has 3 heteroatoms. The molecule has 0 heterocycles. The summed E-state index contributed by atoms with van der Waals surface area (Å²) < 4.78 is 0. The summed E-state index contributed by atoms with van der Waals surface area (Å²) in [6.07, 6.45) is 1.77. The smallest absolute Gasteiger partial charge is 0.285 e. The highest BCUT2D eigenvalue weighted by atomic mass is 16.4. The summed E-state index contributed by atoms with van der Waals surface area (Å²) in [4.78, 5) is 21.4. The van der Waals surface area contributed by atoms with Gasteiger partial charge in [-0.1, -0.05) is 24.3 Å². The molecule has 2 aromatic carbocycles. The van der Waals surface area contributed by atoms with E-state index in [2.05, 4.69) is 0 Å². The van der Waals surface area contributed by atoms with Gasteiger partial charge in [-0.15, -0.1) is 0 Å². The second-order valence-electron chi connectivity index (χ2n) is 3.10. The summed E-state index contributed by atoms with van der Waals surface area (Å²) in [6, 6.07) is 9.56. The van der Waals surface area contributed by atoms with Gasteiger partial charge in [-0.05, 0) is 22.9 Å². The molecule has 72 valence electrons. The first kappa shape index (κ1) is 9.40. The van der Waals surface area contributed by atoms with Crippen LogP contribution in [0, 0.1) is 0 Å². The highest BCUT2D eigenvalue weighted by molar-refractivity contribution is 6.08. The van der Waals surface area contributed by atoms with Crippen molar-refractivity contribution in [2.75, 3.05) is 0 Å². The molecule has 2 radical (unpaired) electrons. The Kier molecular flexibility index (Phi) is 2.21. The van der Waals surface area contributed by atoms with E-state index in [1.54, 1.807) is 30.6 Å². The zero-order valence-electron chi connectivity index (χ0n) is 7.69. The molecule has 0 N–H and O–H groups in total. The van der Waals surface area contributed by atoms with Gasteiger partial charge in [0.05, 0.1) is 5.56 Å². The maximum atomic E-state index is 10.8. The standard InChI is InChI=1S/C12H6O3/c13-7-8-5-6-11(12(14)15)10-4-2-1-3-9(8)10/h1-6H. The van der Waals surface area contributed by atoms with Crippen LogP contribution < -0.4 is 0 Å². The first-order valence-corrected chi connectivity index (χ1v) is 4.35. The lowest BCUT2D eigenvalue weighted by atomic mass is 10.0. The van der Waals surface area contributed by atoms with Gasteiger partial charge in [0.2, 0.25) is 6.29 Å². The number of hydrogen-bond acceptors (Lipinski definition) is 2. The lowest BCUT2D eigenvalue weighted by molar-refractivity contribution is 0.0575. The highest BCUT2D eigenvalue weighted by Crippen LogP contribution is 2.21. The SMILES string of the molecule is [O]C(=O)c1ccc([C]=O)c2ccccc12. The Morgan fingerprint density at radius 3 is 2.27 bits per heavy atom. The Hall–Kier alpha value is -2.16. The van der Waals surface area contributed by atoms with E-state index in [1.165, 1.54) is 12.1 Å². The third-order valence-corrected chi connectivity index (χ3v) is 2.25. The highest BCUT2D eigenvalue weighted by Gasteiger charge is 2.11. The molecule has 0 saturated heterocycles. The van der Waals surface area contributed by atoms with Crippen LogP contribution in [0.1, 0.15) is 15.9 Å². The fourth-order valence-corrected chi connectivity index (χ4v) is 1.57. The average Bonchev–Trinajstić information content (AvgIpc) is 2.27. The van der Waals surface area contributed by atoms with Gasteiger partial charge in [-0.2, -0.15) is 0 Å². The first-order chi connectivity index (χ1) is 7.24. The zero-order chi connectivity index (χ0) is 10.8. The van der Waals surface area contributed by atoms with Crippen LogP contribution in [0.4, 0.5) is 0 Å². The van der Waals surface area contributed by atoms with Crippen molar-refractivity contribution < 1.29 is 14.7 Å². The Labute approximate surface area is 86.0 Å². The minimum absolute atomic E-state index is 0.0876. The summed E-state index contributed by atoms with van der Waals surface area (Å²) in [5, 5.41) is 11.9. The van der Waals surface area contributed by atoms with Crippen molar-refractivity contribution in [3.63, 3.8) is 0 Å². The molecular weight excluding hydrogens is 192 g/mol. The Balaban J connectivity index is 2.89. The Morgan fingerprint density at radius 2 is 1.67 bits per heavy atom. The molecule has 0 unspecified atom stereocenters. The number of benzene rings is 2. The van der Waals surface area contributed by atoms with Gasteiger partial charge in [0.25, 0.3) is 0 Å². The van der Waals surface area contributed by atoms with Gasteiger partial charge in [0.15, 0.2) is 0 Å². The molecule has 3 nitrogen and oxygen atoms in total. The number of rotatable bonds is 2. The third kappa shape index (κ3) is 1.48. The molecule has 0 atom stereocenters. The van der Waals surface area contributed by atoms with E-state index < -0.39 is 5.97 Å². The van der Waals surface area contributed by atoms with Gasteiger partial charge < -0.3 is 0 Å². The Morgan fingerprint density at radius 1 is 1.00 bits per heavy atom. The largest absolute Gasteiger partial charge is 0.386 e. The molecule has 0 aliphatic rings. The summed E-state index contributed by atoms with van der Waals surface area (Å²) >= 11 is 0. The molecule has 15 heavy (non-hydrogen) atoms. The third-order valence-electron chi connectivity index (χ3n) is 2.25. The molecule has 0 amide bonds. The number of carbonyl (C=O) groups excluding carboxylic acids is 2. The molecule has 0 saturated carbocycles. The van der Waals surface area contributed by atoms with E-state index in [4.69, 9.17) is 0 Å². The summed E-state index contributed by atoms with van der Waals surface area (Å²) in [7, 11) is 0. The molecule has 0 aliphatic heterocycles. The van der Waals surface area contributed by atoms with Gasteiger partial charge in [-0.25, -0.2) is 9.90 Å². The first-order valence-electron chi connectivity index (χ1n) is 4.35. The van der Waals surface area contributed by atoms with E-state index >= 15 is 0 Å². The zero-order valence-corrected chi connectivity index (χ0v) is 7.69. The van der Waals surface area contributed by atoms with E-state index in [-0.39, 0.29) is 5.56 Å². The van der Waals surface area contributed by atoms with E-state index in [1.807, 2.05) is 0 Å². The molecule has 2 aromatic rings. The van der Waals surface area contributed by atoms with E-state index in [0.717, 1.165) is 0 Å². The number of carbonyl (C=O) groups is 1. The van der Waals surface area contributed by atoms with Gasteiger partial charge in [0, 0.05) is 5.56 Å². The van der Waals surface area contributed by atoms with Crippen LogP contribution in [-0.2, 0) is 9.90 Å². The topological polar surface area (TPSA) is 54.0 Å². The van der Waals surface area contributed by atoms with Gasteiger partial charge >= 0.3 is 5.97 Å². The van der Waals surface area contributed by atoms with Crippen LogP contribution in [-0.4, -0.2) is 12.3 Å². The van der Waals surface area contributed by atoms with Crippen LogP contribution in [0.15, 0.2) is 36.4 Å². The number of hydrogen-bond donors (Lipinski definition) is 0. The maximum absolute atomic E-state index is 10.8. The molecule has 0 bridgehead atoms. The molecule has 2 rings (SSSR count). The van der Waals surface area contributed by atoms with Gasteiger partial charge in [-0.3, -0.25) is 4.79 Å². The monoisotopic (exact) mass is 198 g/mol. The number of fused-ring (bicyclic) bond motifs is 1. The van der Waals surface area contributed by atoms with E-state index in [9.17, 15) is 14.7 Å².